The van der Waals surface area contributed by atoms with Crippen LogP contribution >= 0.6 is 24.8 Å². The van der Waals surface area contributed by atoms with Gasteiger partial charge in [-0.05, 0) is 31.2 Å². The highest BCUT2D eigenvalue weighted by Crippen LogP contribution is 2.28. The molecular weight excluding hydrogens is 303 g/mol. The standard InChI is InChI=1S/C17H28N2.2ClH/c1-14(2)7-8-17(19-11-9-18-10-12-19)16-6-4-5-15(3)13-16;;/h4-6,13-14,17-18H,7-12H2,1-3H3;2*1H/t17-;;/m1../s1. The summed E-state index contributed by atoms with van der Waals surface area (Å²) in [6.45, 7) is 11.5. The molecule has 1 aromatic carbocycles. The van der Waals surface area contributed by atoms with Crippen molar-refractivity contribution in [1.29, 1.82) is 0 Å². The number of aryl methyl sites for hydroxylation is 1. The molecule has 0 radical (unpaired) electrons. The van der Waals surface area contributed by atoms with Crippen LogP contribution in [-0.2, 0) is 0 Å². The van der Waals surface area contributed by atoms with Gasteiger partial charge in [0.25, 0.3) is 0 Å². The second kappa shape index (κ2) is 10.4. The number of rotatable bonds is 5. The molecule has 0 amide bonds. The molecule has 1 atom stereocenters. The zero-order chi connectivity index (χ0) is 13.7. The van der Waals surface area contributed by atoms with Crippen molar-refractivity contribution in [3.63, 3.8) is 0 Å². The van der Waals surface area contributed by atoms with Crippen LogP contribution in [0, 0.1) is 12.8 Å². The molecule has 2 nitrogen and oxygen atoms in total. The average Bonchev–Trinajstić information content (AvgIpc) is 2.40. The average molecular weight is 333 g/mol. The molecule has 1 aromatic rings. The van der Waals surface area contributed by atoms with E-state index >= 15 is 0 Å². The Balaban J connectivity index is 0.00000200. The van der Waals surface area contributed by atoms with Crippen LogP contribution in [0.5, 0.6) is 0 Å². The molecule has 0 bridgehead atoms. The summed E-state index contributed by atoms with van der Waals surface area (Å²) in [5.74, 6) is 0.787. The van der Waals surface area contributed by atoms with E-state index in [4.69, 9.17) is 0 Å². The highest BCUT2D eigenvalue weighted by atomic mass is 35.5. The van der Waals surface area contributed by atoms with E-state index in [-0.39, 0.29) is 24.8 Å². The second-order valence-corrected chi connectivity index (χ2v) is 6.19. The number of halogens is 2. The van der Waals surface area contributed by atoms with Crippen molar-refractivity contribution in [2.24, 2.45) is 5.92 Å². The minimum Gasteiger partial charge on any atom is -0.314 e. The maximum absolute atomic E-state index is 3.46. The van der Waals surface area contributed by atoms with E-state index in [1.54, 1.807) is 0 Å². The van der Waals surface area contributed by atoms with Crippen LogP contribution in [0.3, 0.4) is 0 Å². The minimum atomic E-state index is 0. The number of hydrogen-bond acceptors (Lipinski definition) is 2. The Labute approximate surface area is 142 Å². The Morgan fingerprint density at radius 3 is 2.33 bits per heavy atom. The lowest BCUT2D eigenvalue weighted by atomic mass is 9.95. The summed E-state index contributed by atoms with van der Waals surface area (Å²) in [6.07, 6.45) is 2.59. The third kappa shape index (κ3) is 6.56. The lowest BCUT2D eigenvalue weighted by Crippen LogP contribution is -2.45. The van der Waals surface area contributed by atoms with Crippen molar-refractivity contribution in [2.75, 3.05) is 26.2 Å². The van der Waals surface area contributed by atoms with Crippen LogP contribution in [0.15, 0.2) is 24.3 Å². The van der Waals surface area contributed by atoms with Gasteiger partial charge in [-0.2, -0.15) is 0 Å². The molecule has 1 heterocycles. The molecule has 1 aliphatic rings. The summed E-state index contributed by atoms with van der Waals surface area (Å²) in [5.41, 5.74) is 2.88. The van der Waals surface area contributed by atoms with E-state index < -0.39 is 0 Å². The van der Waals surface area contributed by atoms with Gasteiger partial charge in [-0.25, -0.2) is 0 Å². The maximum atomic E-state index is 3.46. The number of piperazine rings is 1. The summed E-state index contributed by atoms with van der Waals surface area (Å²) in [4.78, 5) is 2.66. The third-order valence-corrected chi connectivity index (χ3v) is 4.04. The van der Waals surface area contributed by atoms with Crippen LogP contribution in [-0.4, -0.2) is 31.1 Å². The Bertz CT molecular complexity index is 390. The molecule has 1 saturated heterocycles. The van der Waals surface area contributed by atoms with Crippen molar-refractivity contribution >= 4 is 24.8 Å². The van der Waals surface area contributed by atoms with E-state index in [0.717, 1.165) is 19.0 Å². The van der Waals surface area contributed by atoms with E-state index in [2.05, 4.69) is 55.3 Å². The molecular formula is C17H30Cl2N2. The SMILES string of the molecule is Cc1cccc([C@@H](CCC(C)C)N2CCNCC2)c1.Cl.Cl. The van der Waals surface area contributed by atoms with Gasteiger partial charge in [-0.1, -0.05) is 43.7 Å². The quantitative estimate of drug-likeness (QED) is 0.868. The highest BCUT2D eigenvalue weighted by molar-refractivity contribution is 5.85. The number of hydrogen-bond donors (Lipinski definition) is 1. The Kier molecular flexibility index (Phi) is 10.3. The fourth-order valence-corrected chi connectivity index (χ4v) is 2.92. The molecule has 0 saturated carbocycles. The van der Waals surface area contributed by atoms with Gasteiger partial charge in [0.05, 0.1) is 0 Å². The molecule has 122 valence electrons. The molecule has 21 heavy (non-hydrogen) atoms. The monoisotopic (exact) mass is 332 g/mol. The first-order chi connectivity index (χ1) is 9.16. The summed E-state index contributed by atoms with van der Waals surface area (Å²) in [6, 6.07) is 9.67. The van der Waals surface area contributed by atoms with Gasteiger partial charge in [-0.15, -0.1) is 24.8 Å². The zero-order valence-electron chi connectivity index (χ0n) is 13.5. The van der Waals surface area contributed by atoms with Gasteiger partial charge in [0, 0.05) is 32.2 Å². The molecule has 0 unspecified atom stereocenters. The second-order valence-electron chi connectivity index (χ2n) is 6.19. The number of benzene rings is 1. The van der Waals surface area contributed by atoms with Gasteiger partial charge < -0.3 is 5.32 Å². The van der Waals surface area contributed by atoms with Gasteiger partial charge >= 0.3 is 0 Å². The molecule has 1 N–H and O–H groups in total. The highest BCUT2D eigenvalue weighted by Gasteiger charge is 2.22. The molecule has 0 aromatic heterocycles. The molecule has 1 fully saturated rings. The van der Waals surface area contributed by atoms with E-state index in [9.17, 15) is 0 Å². The van der Waals surface area contributed by atoms with E-state index in [0.29, 0.717) is 6.04 Å². The molecule has 2 rings (SSSR count). The predicted octanol–water partition coefficient (Wildman–Crippen LogP) is 4.22. The van der Waals surface area contributed by atoms with Crippen molar-refractivity contribution in [1.82, 2.24) is 10.2 Å². The fourth-order valence-electron chi connectivity index (χ4n) is 2.92. The largest absolute Gasteiger partial charge is 0.314 e. The van der Waals surface area contributed by atoms with Crippen LogP contribution in [0.25, 0.3) is 0 Å². The smallest absolute Gasteiger partial charge is 0.0349 e. The van der Waals surface area contributed by atoms with Gasteiger partial charge in [0.15, 0.2) is 0 Å². The lowest BCUT2D eigenvalue weighted by molar-refractivity contribution is 0.160. The normalized spacial score (nSPS) is 17.0. The maximum Gasteiger partial charge on any atom is 0.0349 e. The topological polar surface area (TPSA) is 15.3 Å². The summed E-state index contributed by atoms with van der Waals surface area (Å²) < 4.78 is 0. The fraction of sp³-hybridized carbons (Fsp3) is 0.647. The first-order valence-electron chi connectivity index (χ1n) is 7.68. The summed E-state index contributed by atoms with van der Waals surface area (Å²) in [5, 5.41) is 3.46. The van der Waals surface area contributed by atoms with Crippen LogP contribution < -0.4 is 5.32 Å². The first-order valence-corrected chi connectivity index (χ1v) is 7.68. The molecule has 1 aliphatic heterocycles. The zero-order valence-corrected chi connectivity index (χ0v) is 15.1. The van der Waals surface area contributed by atoms with Crippen LogP contribution in [0.1, 0.15) is 43.9 Å². The van der Waals surface area contributed by atoms with Crippen molar-refractivity contribution in [3.8, 4) is 0 Å². The van der Waals surface area contributed by atoms with Gasteiger partial charge in [-0.3, -0.25) is 4.90 Å². The van der Waals surface area contributed by atoms with E-state index in [1.165, 1.54) is 37.1 Å². The predicted molar refractivity (Wildman–Crippen MR) is 96.9 cm³/mol. The van der Waals surface area contributed by atoms with E-state index in [1.807, 2.05) is 0 Å². The van der Waals surface area contributed by atoms with Crippen LogP contribution in [0.4, 0.5) is 0 Å². The molecule has 4 heteroatoms. The number of nitrogens with zero attached hydrogens (tertiary/aromatic N) is 1. The molecule has 0 spiro atoms. The number of nitrogens with one attached hydrogen (secondary N) is 1. The molecule has 0 aliphatic carbocycles. The third-order valence-electron chi connectivity index (χ3n) is 4.04. The summed E-state index contributed by atoms with van der Waals surface area (Å²) >= 11 is 0. The van der Waals surface area contributed by atoms with Crippen molar-refractivity contribution in [2.45, 2.75) is 39.7 Å². The minimum absolute atomic E-state index is 0. The van der Waals surface area contributed by atoms with Gasteiger partial charge in [0.2, 0.25) is 0 Å². The Morgan fingerprint density at radius 1 is 1.10 bits per heavy atom. The first kappa shape index (κ1) is 20.7. The lowest BCUT2D eigenvalue weighted by Gasteiger charge is -2.35. The van der Waals surface area contributed by atoms with Crippen LogP contribution in [0.2, 0.25) is 0 Å². The van der Waals surface area contributed by atoms with Gasteiger partial charge in [0.1, 0.15) is 0 Å². The Hall–Kier alpha value is -0.280. The summed E-state index contributed by atoms with van der Waals surface area (Å²) in [7, 11) is 0. The van der Waals surface area contributed by atoms with Crippen molar-refractivity contribution in [3.05, 3.63) is 35.4 Å². The van der Waals surface area contributed by atoms with Crippen molar-refractivity contribution < 1.29 is 0 Å². The Morgan fingerprint density at radius 2 is 1.76 bits per heavy atom.